The molecular weight excluding hydrogens is 240 g/mol. The van der Waals surface area contributed by atoms with Gasteiger partial charge in [0.25, 0.3) is 5.91 Å². The molecule has 1 fully saturated rings. The first-order valence-electron chi connectivity index (χ1n) is 6.71. The summed E-state index contributed by atoms with van der Waals surface area (Å²) in [5, 5.41) is 3.32. The van der Waals surface area contributed by atoms with Crippen molar-refractivity contribution < 1.29 is 4.79 Å². The number of amides is 1. The van der Waals surface area contributed by atoms with Crippen LogP contribution in [0.25, 0.3) is 0 Å². The summed E-state index contributed by atoms with van der Waals surface area (Å²) in [4.78, 5) is 20.0. The first-order chi connectivity index (χ1) is 9.11. The molecule has 5 nitrogen and oxygen atoms in total. The van der Waals surface area contributed by atoms with Crippen molar-refractivity contribution in [1.82, 2.24) is 15.2 Å². The summed E-state index contributed by atoms with van der Waals surface area (Å²) in [6.07, 6.45) is 3.94. The lowest BCUT2D eigenvalue weighted by Gasteiger charge is -2.32. The molecule has 0 bridgehead atoms. The van der Waals surface area contributed by atoms with Crippen LogP contribution in [0.2, 0.25) is 0 Å². The Bertz CT molecular complexity index is 422. The fourth-order valence-electron chi connectivity index (χ4n) is 2.36. The average molecular weight is 262 g/mol. The number of nitrogens with zero attached hydrogens (tertiary/aromatic N) is 3. The summed E-state index contributed by atoms with van der Waals surface area (Å²) in [5.41, 5.74) is 0.638. The minimum atomic E-state index is -0.00654. The van der Waals surface area contributed by atoms with Gasteiger partial charge in [-0.2, -0.15) is 0 Å². The van der Waals surface area contributed by atoms with E-state index in [-0.39, 0.29) is 5.91 Å². The van der Waals surface area contributed by atoms with Gasteiger partial charge in [-0.05, 0) is 32.0 Å². The van der Waals surface area contributed by atoms with Gasteiger partial charge in [-0.25, -0.2) is 4.98 Å². The summed E-state index contributed by atoms with van der Waals surface area (Å²) in [6, 6.07) is 4.41. The Morgan fingerprint density at radius 2 is 2.05 bits per heavy atom. The van der Waals surface area contributed by atoms with Gasteiger partial charge in [-0.3, -0.25) is 4.79 Å². The molecule has 1 aliphatic heterocycles. The molecule has 104 valence electrons. The van der Waals surface area contributed by atoms with Crippen LogP contribution >= 0.6 is 0 Å². The number of hydrogen-bond donors (Lipinski definition) is 1. The van der Waals surface area contributed by atoms with E-state index in [4.69, 9.17) is 0 Å². The predicted octanol–water partition coefficient (Wildman–Crippen LogP) is 0.972. The molecule has 1 aromatic heterocycles. The molecule has 0 aromatic carbocycles. The van der Waals surface area contributed by atoms with Gasteiger partial charge in [-0.15, -0.1) is 0 Å². The van der Waals surface area contributed by atoms with Crippen LogP contribution in [0.5, 0.6) is 0 Å². The summed E-state index contributed by atoms with van der Waals surface area (Å²) < 4.78 is 0. The zero-order chi connectivity index (χ0) is 13.8. The fraction of sp³-hybridized carbons (Fsp3) is 0.571. The Kier molecular flexibility index (Phi) is 4.37. The van der Waals surface area contributed by atoms with E-state index in [0.29, 0.717) is 11.6 Å². The monoisotopic (exact) mass is 262 g/mol. The second kappa shape index (κ2) is 6.02. The summed E-state index contributed by atoms with van der Waals surface area (Å²) in [5.74, 6) is 0.956. The van der Waals surface area contributed by atoms with Gasteiger partial charge in [0, 0.05) is 39.4 Å². The van der Waals surface area contributed by atoms with Gasteiger partial charge in [0.1, 0.15) is 5.82 Å². The van der Waals surface area contributed by atoms with Crippen LogP contribution in [-0.2, 0) is 0 Å². The highest BCUT2D eigenvalue weighted by Crippen LogP contribution is 2.18. The molecule has 0 radical (unpaired) electrons. The van der Waals surface area contributed by atoms with E-state index >= 15 is 0 Å². The highest BCUT2D eigenvalue weighted by atomic mass is 16.2. The number of carbonyl (C=O) groups excluding carboxylic acids is 1. The van der Waals surface area contributed by atoms with Crippen molar-refractivity contribution in [2.24, 2.45) is 0 Å². The Hall–Kier alpha value is -1.62. The number of aromatic nitrogens is 1. The molecule has 0 unspecified atom stereocenters. The first kappa shape index (κ1) is 13.8. The molecule has 0 saturated carbocycles. The third-order valence-electron chi connectivity index (χ3n) is 3.63. The number of hydrogen-bond acceptors (Lipinski definition) is 4. The Morgan fingerprint density at radius 1 is 1.37 bits per heavy atom. The predicted molar refractivity (Wildman–Crippen MR) is 76.5 cm³/mol. The van der Waals surface area contributed by atoms with Crippen molar-refractivity contribution in [1.29, 1.82) is 0 Å². The molecule has 1 aromatic rings. The van der Waals surface area contributed by atoms with Crippen LogP contribution in [0.4, 0.5) is 5.82 Å². The largest absolute Gasteiger partial charge is 0.357 e. The Labute approximate surface area is 114 Å². The van der Waals surface area contributed by atoms with Gasteiger partial charge in [-0.1, -0.05) is 0 Å². The van der Waals surface area contributed by atoms with E-state index in [2.05, 4.69) is 15.2 Å². The highest BCUT2D eigenvalue weighted by molar-refractivity contribution is 5.93. The first-order valence-corrected chi connectivity index (χ1v) is 6.71. The van der Waals surface area contributed by atoms with E-state index < -0.39 is 0 Å². The highest BCUT2D eigenvalue weighted by Gasteiger charge is 2.19. The van der Waals surface area contributed by atoms with Crippen molar-refractivity contribution in [3.63, 3.8) is 0 Å². The third-order valence-corrected chi connectivity index (χ3v) is 3.63. The topological polar surface area (TPSA) is 48.5 Å². The molecule has 0 atom stereocenters. The summed E-state index contributed by atoms with van der Waals surface area (Å²) >= 11 is 0. The van der Waals surface area contributed by atoms with Gasteiger partial charge >= 0.3 is 0 Å². The molecule has 1 amide bonds. The lowest BCUT2D eigenvalue weighted by Crippen LogP contribution is -2.41. The standard InChI is InChI=1S/C14H22N4O/c1-15-12-6-8-18(9-7-12)13-5-4-11(10-16-13)14(19)17(2)3/h4-5,10,12,15H,6-9H2,1-3H3. The van der Waals surface area contributed by atoms with Crippen LogP contribution in [-0.4, -0.2) is 56.1 Å². The summed E-state index contributed by atoms with van der Waals surface area (Å²) in [6.45, 7) is 2.03. The Morgan fingerprint density at radius 3 is 2.53 bits per heavy atom. The van der Waals surface area contributed by atoms with Crippen molar-refractivity contribution >= 4 is 11.7 Å². The van der Waals surface area contributed by atoms with E-state index in [0.717, 1.165) is 31.7 Å². The van der Waals surface area contributed by atoms with Crippen molar-refractivity contribution in [3.8, 4) is 0 Å². The molecule has 0 aliphatic carbocycles. The molecule has 2 rings (SSSR count). The molecule has 1 saturated heterocycles. The lowest BCUT2D eigenvalue weighted by molar-refractivity contribution is 0.0827. The number of pyridine rings is 1. The van der Waals surface area contributed by atoms with E-state index in [1.54, 1.807) is 25.2 Å². The maximum absolute atomic E-state index is 11.8. The average Bonchev–Trinajstić information content (AvgIpc) is 2.46. The minimum Gasteiger partial charge on any atom is -0.357 e. The van der Waals surface area contributed by atoms with Gasteiger partial charge in [0.05, 0.1) is 5.56 Å². The number of rotatable bonds is 3. The number of piperidine rings is 1. The van der Waals surface area contributed by atoms with Gasteiger partial charge in [0.2, 0.25) is 0 Å². The van der Waals surface area contributed by atoms with E-state index in [1.807, 2.05) is 19.2 Å². The Balaban J connectivity index is 2.01. The van der Waals surface area contributed by atoms with E-state index in [9.17, 15) is 4.79 Å². The van der Waals surface area contributed by atoms with Crippen LogP contribution in [0.1, 0.15) is 23.2 Å². The summed E-state index contributed by atoms with van der Waals surface area (Å²) in [7, 11) is 5.51. The van der Waals surface area contributed by atoms with Gasteiger partial charge in [0.15, 0.2) is 0 Å². The van der Waals surface area contributed by atoms with Crippen molar-refractivity contribution in [3.05, 3.63) is 23.9 Å². The molecule has 2 heterocycles. The van der Waals surface area contributed by atoms with Gasteiger partial charge < -0.3 is 15.1 Å². The molecule has 1 aliphatic rings. The zero-order valence-electron chi connectivity index (χ0n) is 11.9. The second-order valence-electron chi connectivity index (χ2n) is 5.15. The fourth-order valence-corrected chi connectivity index (χ4v) is 2.36. The van der Waals surface area contributed by atoms with Crippen molar-refractivity contribution in [2.45, 2.75) is 18.9 Å². The molecular formula is C14H22N4O. The smallest absolute Gasteiger partial charge is 0.254 e. The minimum absolute atomic E-state index is 0.00654. The quantitative estimate of drug-likeness (QED) is 0.882. The SMILES string of the molecule is CNC1CCN(c2ccc(C(=O)N(C)C)cn2)CC1. The zero-order valence-corrected chi connectivity index (χ0v) is 11.9. The molecule has 0 spiro atoms. The second-order valence-corrected chi connectivity index (χ2v) is 5.15. The van der Waals surface area contributed by atoms with E-state index in [1.165, 1.54) is 0 Å². The maximum atomic E-state index is 11.8. The number of anilines is 1. The number of nitrogens with one attached hydrogen (secondary N) is 1. The molecule has 5 heteroatoms. The number of carbonyl (C=O) groups is 1. The van der Waals surface area contributed by atoms with Crippen LogP contribution in [0.15, 0.2) is 18.3 Å². The van der Waals surface area contributed by atoms with Crippen LogP contribution in [0.3, 0.4) is 0 Å². The molecule has 1 N–H and O–H groups in total. The lowest BCUT2D eigenvalue weighted by atomic mass is 10.1. The third kappa shape index (κ3) is 3.23. The van der Waals surface area contributed by atoms with Crippen LogP contribution in [0, 0.1) is 0 Å². The van der Waals surface area contributed by atoms with Crippen LogP contribution < -0.4 is 10.2 Å². The van der Waals surface area contributed by atoms with Crippen molar-refractivity contribution in [2.75, 3.05) is 39.1 Å². The maximum Gasteiger partial charge on any atom is 0.254 e. The normalized spacial score (nSPS) is 16.5. The molecule has 19 heavy (non-hydrogen) atoms.